The smallest absolute Gasteiger partial charge is 0.255 e. The van der Waals surface area contributed by atoms with Crippen molar-refractivity contribution in [2.45, 2.75) is 38.2 Å². The van der Waals surface area contributed by atoms with Crippen LogP contribution in [0.1, 0.15) is 45.9 Å². The number of fused-ring (bicyclic) bond motifs is 1. The number of aryl methyl sites for hydroxylation is 1. The van der Waals surface area contributed by atoms with Gasteiger partial charge in [-0.05, 0) is 66.1 Å². The third kappa shape index (κ3) is 6.16. The van der Waals surface area contributed by atoms with Gasteiger partial charge in [-0.3, -0.25) is 14.8 Å². The maximum absolute atomic E-state index is 13.3. The quantitative estimate of drug-likeness (QED) is 0.206. The van der Waals surface area contributed by atoms with Crippen LogP contribution in [-0.2, 0) is 6.54 Å². The molecule has 7 nitrogen and oxygen atoms in total. The minimum atomic E-state index is -2.65. The van der Waals surface area contributed by atoms with Gasteiger partial charge in [0.15, 0.2) is 0 Å². The molecule has 9 heteroatoms. The van der Waals surface area contributed by atoms with Gasteiger partial charge in [0.2, 0.25) is 5.92 Å². The molecule has 0 saturated heterocycles. The zero-order valence-corrected chi connectivity index (χ0v) is 24.1. The Morgan fingerprint density at radius 3 is 2.53 bits per heavy atom. The number of nitrogens with one attached hydrogen (secondary N) is 1. The van der Waals surface area contributed by atoms with Gasteiger partial charge in [-0.15, -0.1) is 0 Å². The first-order valence-corrected chi connectivity index (χ1v) is 14.0. The number of aromatic nitrogens is 3. The Morgan fingerprint density at radius 2 is 1.79 bits per heavy atom. The number of alkyl halides is 2. The number of carbonyl (C=O) groups is 1. The Bertz CT molecular complexity index is 1800. The Labute approximate surface area is 248 Å². The number of benzene rings is 2. The number of amides is 1. The molecule has 1 aliphatic rings. The van der Waals surface area contributed by atoms with Crippen molar-refractivity contribution in [1.29, 1.82) is 0 Å². The number of methoxy groups -OCH3 is 1. The van der Waals surface area contributed by atoms with Crippen molar-refractivity contribution < 1.29 is 18.3 Å². The van der Waals surface area contributed by atoms with E-state index in [0.717, 1.165) is 44.7 Å². The van der Waals surface area contributed by atoms with Gasteiger partial charge < -0.3 is 15.0 Å². The molecule has 1 N–H and O–H groups in total. The maximum atomic E-state index is 13.3. The van der Waals surface area contributed by atoms with Gasteiger partial charge in [-0.25, -0.2) is 13.8 Å². The maximum Gasteiger partial charge on any atom is 0.255 e. The van der Waals surface area contributed by atoms with Crippen LogP contribution in [0.3, 0.4) is 0 Å². The molecule has 43 heavy (non-hydrogen) atoms. The highest BCUT2D eigenvalue weighted by Crippen LogP contribution is 2.47. The lowest BCUT2D eigenvalue weighted by Gasteiger charge is -2.34. The van der Waals surface area contributed by atoms with Gasteiger partial charge in [0.25, 0.3) is 5.91 Å². The zero-order valence-electron chi connectivity index (χ0n) is 24.1. The number of hydrogen-bond acceptors (Lipinski definition) is 6. The average Bonchev–Trinajstić information content (AvgIpc) is 3.00. The molecule has 2 aromatic carbocycles. The predicted molar refractivity (Wildman–Crippen MR) is 164 cm³/mol. The first-order chi connectivity index (χ1) is 20.7. The number of hydrogen-bond donors (Lipinski definition) is 1. The highest BCUT2D eigenvalue weighted by molar-refractivity contribution is 6.04. The second kappa shape index (κ2) is 11.4. The molecule has 0 aliphatic heterocycles. The molecule has 1 aliphatic carbocycles. The van der Waals surface area contributed by atoms with Crippen molar-refractivity contribution in [3.63, 3.8) is 0 Å². The largest absolute Gasteiger partial charge is 0.497 e. The summed E-state index contributed by atoms with van der Waals surface area (Å²) in [5.74, 6) is -1.66. The number of ether oxygens (including phenoxy) is 1. The molecule has 1 amide bonds. The van der Waals surface area contributed by atoms with Crippen molar-refractivity contribution in [3.8, 4) is 16.9 Å². The second-order valence-electron chi connectivity index (χ2n) is 11.1. The molecular formula is C34H31F2N5O2. The van der Waals surface area contributed by atoms with Gasteiger partial charge >= 0.3 is 0 Å². The minimum absolute atomic E-state index is 0.233. The van der Waals surface area contributed by atoms with Crippen LogP contribution in [0.4, 0.5) is 20.3 Å². The lowest BCUT2D eigenvalue weighted by molar-refractivity contribution is -0.0876. The van der Waals surface area contributed by atoms with E-state index in [1.165, 1.54) is 6.20 Å². The van der Waals surface area contributed by atoms with E-state index < -0.39 is 5.92 Å². The Morgan fingerprint density at radius 1 is 1.00 bits per heavy atom. The minimum Gasteiger partial charge on any atom is -0.497 e. The fourth-order valence-electron chi connectivity index (χ4n) is 5.35. The van der Waals surface area contributed by atoms with Crippen LogP contribution >= 0.6 is 0 Å². The highest BCUT2D eigenvalue weighted by Gasteiger charge is 2.46. The summed E-state index contributed by atoms with van der Waals surface area (Å²) in [5, 5.41) is 3.84. The van der Waals surface area contributed by atoms with E-state index >= 15 is 0 Å². The van der Waals surface area contributed by atoms with E-state index in [1.807, 2.05) is 81.0 Å². The van der Waals surface area contributed by atoms with E-state index in [0.29, 0.717) is 23.5 Å². The van der Waals surface area contributed by atoms with Gasteiger partial charge in [-0.1, -0.05) is 18.2 Å². The van der Waals surface area contributed by atoms with E-state index in [2.05, 4.69) is 20.2 Å². The van der Waals surface area contributed by atoms with E-state index in [1.54, 1.807) is 19.2 Å². The van der Waals surface area contributed by atoms with Gasteiger partial charge in [0, 0.05) is 84.9 Å². The number of nitrogens with zero attached hydrogens (tertiary/aromatic N) is 4. The second-order valence-corrected chi connectivity index (χ2v) is 11.1. The SMILES string of the molecule is COc1ccc(CN(C)c2cc3ncc(-c4cc(NC(=O)c5ccnc(C6CC(F)(F)C6)c5)ccc4C)cc3cn2)cc1. The predicted octanol–water partition coefficient (Wildman–Crippen LogP) is 7.41. The third-order valence-electron chi connectivity index (χ3n) is 7.88. The molecule has 3 aromatic heterocycles. The van der Waals surface area contributed by atoms with Crippen molar-refractivity contribution in [2.75, 3.05) is 24.4 Å². The Hall–Kier alpha value is -4.92. The van der Waals surface area contributed by atoms with E-state index in [-0.39, 0.29) is 24.7 Å². The van der Waals surface area contributed by atoms with Crippen LogP contribution in [0.15, 0.2) is 85.3 Å². The molecule has 1 fully saturated rings. The molecule has 3 heterocycles. The zero-order chi connectivity index (χ0) is 30.1. The summed E-state index contributed by atoms with van der Waals surface area (Å²) in [7, 11) is 3.65. The monoisotopic (exact) mass is 579 g/mol. The van der Waals surface area contributed by atoms with Gasteiger partial charge in [-0.2, -0.15) is 0 Å². The van der Waals surface area contributed by atoms with Crippen molar-refractivity contribution >= 4 is 28.3 Å². The van der Waals surface area contributed by atoms with Crippen molar-refractivity contribution in [1.82, 2.24) is 15.0 Å². The number of rotatable bonds is 8. The van der Waals surface area contributed by atoms with Crippen LogP contribution in [0.25, 0.3) is 22.0 Å². The van der Waals surface area contributed by atoms with Crippen LogP contribution in [0.5, 0.6) is 5.75 Å². The summed E-state index contributed by atoms with van der Waals surface area (Å²) in [5.41, 5.74) is 6.36. The highest BCUT2D eigenvalue weighted by atomic mass is 19.3. The molecule has 0 unspecified atom stereocenters. The van der Waals surface area contributed by atoms with E-state index in [4.69, 9.17) is 9.72 Å². The van der Waals surface area contributed by atoms with Gasteiger partial charge in [0.05, 0.1) is 12.6 Å². The lowest BCUT2D eigenvalue weighted by Crippen LogP contribution is -2.34. The van der Waals surface area contributed by atoms with Gasteiger partial charge in [0.1, 0.15) is 11.6 Å². The van der Waals surface area contributed by atoms with Crippen LogP contribution in [0.2, 0.25) is 0 Å². The number of halogens is 2. The fraction of sp³-hybridized carbons (Fsp3) is 0.235. The topological polar surface area (TPSA) is 80.2 Å². The number of anilines is 2. The standard InChI is InChI=1S/C34H31F2N5O2/c1-21-4-7-27(40-33(42)23-10-11-37-30(13-23)26-16-34(35,36)17-26)14-29(21)24-12-25-19-39-32(15-31(25)38-18-24)41(2)20-22-5-8-28(43-3)9-6-22/h4-15,18-19,26H,16-17,20H2,1-3H3,(H,40,42). The summed E-state index contributed by atoms with van der Waals surface area (Å²) in [6.45, 7) is 2.69. The molecule has 0 bridgehead atoms. The van der Waals surface area contributed by atoms with Crippen molar-refractivity contribution in [2.24, 2.45) is 0 Å². The first-order valence-electron chi connectivity index (χ1n) is 14.0. The van der Waals surface area contributed by atoms with Crippen LogP contribution < -0.4 is 15.0 Å². The lowest BCUT2D eigenvalue weighted by atomic mass is 9.78. The number of carbonyl (C=O) groups excluding carboxylic acids is 1. The molecule has 0 atom stereocenters. The molecule has 6 rings (SSSR count). The van der Waals surface area contributed by atoms with E-state index in [9.17, 15) is 13.6 Å². The fourth-order valence-corrected chi connectivity index (χ4v) is 5.35. The summed E-state index contributed by atoms with van der Waals surface area (Å²) in [4.78, 5) is 28.7. The van der Waals surface area contributed by atoms with Crippen molar-refractivity contribution in [3.05, 3.63) is 108 Å². The summed E-state index contributed by atoms with van der Waals surface area (Å²) < 4.78 is 31.9. The normalized spacial score (nSPS) is 14.3. The number of pyridine rings is 3. The molecule has 0 radical (unpaired) electrons. The summed E-state index contributed by atoms with van der Waals surface area (Å²) in [6, 6.07) is 20.9. The Balaban J connectivity index is 1.18. The summed E-state index contributed by atoms with van der Waals surface area (Å²) >= 11 is 0. The van der Waals surface area contributed by atoms with Crippen LogP contribution in [0, 0.1) is 6.92 Å². The molecular weight excluding hydrogens is 548 g/mol. The first kappa shape index (κ1) is 28.2. The molecule has 218 valence electrons. The van der Waals surface area contributed by atoms with Crippen LogP contribution in [-0.4, -0.2) is 40.9 Å². The average molecular weight is 580 g/mol. The third-order valence-corrected chi connectivity index (χ3v) is 7.88. The molecule has 1 saturated carbocycles. The Kier molecular flexibility index (Phi) is 7.48. The molecule has 0 spiro atoms. The molecule has 5 aromatic rings. The summed E-state index contributed by atoms with van der Waals surface area (Å²) in [6.07, 6.45) is 4.68.